The fraction of sp³-hybridized carbons (Fsp3) is 0.560. The first-order valence-electron chi connectivity index (χ1n) is 11.4. The van der Waals surface area contributed by atoms with E-state index in [-0.39, 0.29) is 5.92 Å². The first kappa shape index (κ1) is 20.1. The van der Waals surface area contributed by atoms with E-state index in [9.17, 15) is 4.79 Å². The van der Waals surface area contributed by atoms with E-state index in [0.717, 1.165) is 51.2 Å². The highest BCUT2D eigenvalue weighted by atomic mass is 32.1. The Morgan fingerprint density at radius 2 is 2.03 bits per heavy atom. The highest BCUT2D eigenvalue weighted by molar-refractivity contribution is 7.07. The summed E-state index contributed by atoms with van der Waals surface area (Å²) in [7, 11) is 1.73. The summed E-state index contributed by atoms with van der Waals surface area (Å²) in [5.74, 6) is 2.49. The van der Waals surface area contributed by atoms with Crippen LogP contribution in [0.2, 0.25) is 0 Å². The molecule has 2 aromatic rings. The second kappa shape index (κ2) is 8.72. The molecule has 3 atom stereocenters. The first-order valence-corrected chi connectivity index (χ1v) is 12.3. The van der Waals surface area contributed by atoms with Crippen LogP contribution >= 0.6 is 11.3 Å². The number of hydrogen-bond donors (Lipinski definition) is 0. The minimum Gasteiger partial charge on any atom is -0.497 e. The van der Waals surface area contributed by atoms with Crippen LogP contribution in [0.3, 0.4) is 0 Å². The third-order valence-electron chi connectivity index (χ3n) is 7.51. The molecule has 5 heteroatoms. The molecule has 5 rings (SSSR count). The van der Waals surface area contributed by atoms with E-state index in [4.69, 9.17) is 4.74 Å². The normalized spacial score (nSPS) is 27.4. The number of piperidine rings is 1. The van der Waals surface area contributed by atoms with Gasteiger partial charge in [-0.3, -0.25) is 9.69 Å². The molecule has 1 saturated carbocycles. The molecule has 0 bridgehead atoms. The number of carbonyl (C=O) groups is 1. The quantitative estimate of drug-likeness (QED) is 0.694. The van der Waals surface area contributed by atoms with Gasteiger partial charge >= 0.3 is 0 Å². The first-order chi connectivity index (χ1) is 14.7. The predicted octanol–water partition coefficient (Wildman–Crippen LogP) is 4.76. The van der Waals surface area contributed by atoms with Gasteiger partial charge in [-0.1, -0.05) is 25.0 Å². The lowest BCUT2D eigenvalue weighted by molar-refractivity contribution is -0.137. The molecule has 1 aliphatic carbocycles. The molecule has 3 aliphatic rings. The lowest BCUT2D eigenvalue weighted by Crippen LogP contribution is -2.48. The number of hydrogen-bond acceptors (Lipinski definition) is 4. The molecule has 3 fully saturated rings. The summed E-state index contributed by atoms with van der Waals surface area (Å²) >= 11 is 1.77. The number of likely N-dealkylation sites (tertiary alicyclic amines) is 2. The summed E-state index contributed by atoms with van der Waals surface area (Å²) in [6.07, 6.45) is 5.69. The highest BCUT2D eigenvalue weighted by Crippen LogP contribution is 2.44. The second-order valence-electron chi connectivity index (χ2n) is 9.24. The maximum atomic E-state index is 13.4. The smallest absolute Gasteiger partial charge is 0.225 e. The Bertz CT molecular complexity index is 862. The van der Waals surface area contributed by atoms with E-state index in [0.29, 0.717) is 23.8 Å². The van der Waals surface area contributed by atoms with E-state index >= 15 is 0 Å². The molecular weight excluding hydrogens is 392 g/mol. The molecule has 3 heterocycles. The van der Waals surface area contributed by atoms with E-state index in [1.54, 1.807) is 18.4 Å². The summed E-state index contributed by atoms with van der Waals surface area (Å²) in [5, 5.41) is 4.43. The van der Waals surface area contributed by atoms with Crippen LogP contribution in [-0.2, 0) is 11.3 Å². The number of carbonyl (C=O) groups excluding carboxylic acids is 1. The predicted molar refractivity (Wildman–Crippen MR) is 121 cm³/mol. The van der Waals surface area contributed by atoms with Gasteiger partial charge in [-0.25, -0.2) is 0 Å². The number of rotatable bonds is 5. The van der Waals surface area contributed by atoms with Gasteiger partial charge in [0.25, 0.3) is 0 Å². The van der Waals surface area contributed by atoms with Crippen molar-refractivity contribution in [2.75, 3.05) is 26.7 Å². The molecular formula is C25H32N2O2S. The Labute approximate surface area is 183 Å². The van der Waals surface area contributed by atoms with Gasteiger partial charge < -0.3 is 9.64 Å². The van der Waals surface area contributed by atoms with Crippen molar-refractivity contribution >= 4 is 17.2 Å². The average molecular weight is 425 g/mol. The fourth-order valence-corrected chi connectivity index (χ4v) is 6.63. The van der Waals surface area contributed by atoms with Crippen LogP contribution < -0.4 is 4.74 Å². The Hall–Kier alpha value is -1.85. The van der Waals surface area contributed by atoms with Gasteiger partial charge in [0.05, 0.1) is 7.11 Å². The van der Waals surface area contributed by atoms with Gasteiger partial charge in [0, 0.05) is 50.0 Å². The zero-order chi connectivity index (χ0) is 20.5. The van der Waals surface area contributed by atoms with Crippen LogP contribution in [0.4, 0.5) is 0 Å². The van der Waals surface area contributed by atoms with Crippen molar-refractivity contribution in [3.63, 3.8) is 0 Å². The van der Waals surface area contributed by atoms with E-state index in [1.165, 1.54) is 24.0 Å². The molecule has 4 nitrogen and oxygen atoms in total. The van der Waals surface area contributed by atoms with E-state index in [2.05, 4.69) is 44.8 Å². The number of ether oxygens (including phenoxy) is 1. The Kier molecular flexibility index (Phi) is 5.83. The van der Waals surface area contributed by atoms with Gasteiger partial charge in [0.1, 0.15) is 5.75 Å². The monoisotopic (exact) mass is 424 g/mol. The molecule has 160 valence electrons. The van der Waals surface area contributed by atoms with Crippen LogP contribution in [0.25, 0.3) is 0 Å². The largest absolute Gasteiger partial charge is 0.497 e. The van der Waals surface area contributed by atoms with Crippen molar-refractivity contribution < 1.29 is 9.53 Å². The van der Waals surface area contributed by atoms with Crippen molar-refractivity contribution in [2.45, 2.75) is 50.6 Å². The van der Waals surface area contributed by atoms with Crippen LogP contribution in [-0.4, -0.2) is 48.5 Å². The maximum absolute atomic E-state index is 13.4. The molecule has 0 N–H and O–H groups in total. The summed E-state index contributed by atoms with van der Waals surface area (Å²) in [5.41, 5.74) is 2.73. The third-order valence-corrected chi connectivity index (χ3v) is 8.24. The molecule has 2 saturated heterocycles. The average Bonchev–Trinajstić information content (AvgIpc) is 3.54. The summed E-state index contributed by atoms with van der Waals surface area (Å²) in [6.45, 7) is 4.03. The summed E-state index contributed by atoms with van der Waals surface area (Å²) in [4.78, 5) is 18.3. The molecule has 0 spiro atoms. The standard InChI is InChI=1S/C25H32N2O2S/c1-29-21-8-4-7-20(13-21)22-16-27(25(28)19-5-2-3-6-19)24-9-11-26(15-23(22)24)14-18-10-12-30-17-18/h4,7-8,10,12-13,17,19,22-24H,2-3,5-6,9,11,14-16H2,1H3/t22-,23-,24-/m0/s1. The minimum atomic E-state index is 0.263. The molecule has 1 aromatic heterocycles. The zero-order valence-electron chi connectivity index (χ0n) is 17.8. The fourth-order valence-electron chi connectivity index (χ4n) is 5.97. The molecule has 2 aliphatic heterocycles. The summed E-state index contributed by atoms with van der Waals surface area (Å²) in [6, 6.07) is 11.1. The molecule has 0 unspecified atom stereocenters. The zero-order valence-corrected chi connectivity index (χ0v) is 18.7. The highest BCUT2D eigenvalue weighted by Gasteiger charge is 2.48. The Balaban J connectivity index is 1.40. The number of benzene rings is 1. The third kappa shape index (κ3) is 3.90. The lowest BCUT2D eigenvalue weighted by Gasteiger charge is -2.39. The molecule has 1 aromatic carbocycles. The van der Waals surface area contributed by atoms with E-state index in [1.807, 2.05) is 6.07 Å². The van der Waals surface area contributed by atoms with Crippen LogP contribution in [0.1, 0.15) is 49.1 Å². The second-order valence-corrected chi connectivity index (χ2v) is 10.0. The van der Waals surface area contributed by atoms with Crippen molar-refractivity contribution in [3.05, 3.63) is 52.2 Å². The number of fused-ring (bicyclic) bond motifs is 1. The van der Waals surface area contributed by atoms with Crippen molar-refractivity contribution in [1.29, 1.82) is 0 Å². The Morgan fingerprint density at radius 1 is 1.17 bits per heavy atom. The van der Waals surface area contributed by atoms with Gasteiger partial charge in [0.15, 0.2) is 0 Å². The lowest BCUT2D eigenvalue weighted by atomic mass is 9.81. The summed E-state index contributed by atoms with van der Waals surface area (Å²) < 4.78 is 5.51. The molecule has 30 heavy (non-hydrogen) atoms. The minimum absolute atomic E-state index is 0.263. The van der Waals surface area contributed by atoms with Gasteiger partial charge in [-0.2, -0.15) is 11.3 Å². The van der Waals surface area contributed by atoms with Gasteiger partial charge in [-0.05, 0) is 59.3 Å². The number of amides is 1. The van der Waals surface area contributed by atoms with Crippen molar-refractivity contribution in [1.82, 2.24) is 9.80 Å². The van der Waals surface area contributed by atoms with Crippen LogP contribution in [0.5, 0.6) is 5.75 Å². The van der Waals surface area contributed by atoms with Gasteiger partial charge in [0.2, 0.25) is 5.91 Å². The van der Waals surface area contributed by atoms with Crippen LogP contribution in [0.15, 0.2) is 41.1 Å². The van der Waals surface area contributed by atoms with Crippen molar-refractivity contribution in [2.24, 2.45) is 11.8 Å². The van der Waals surface area contributed by atoms with Crippen LogP contribution in [0, 0.1) is 11.8 Å². The molecule has 0 radical (unpaired) electrons. The maximum Gasteiger partial charge on any atom is 0.225 e. The number of thiophene rings is 1. The number of nitrogens with zero attached hydrogens (tertiary/aromatic N) is 2. The van der Waals surface area contributed by atoms with Crippen molar-refractivity contribution in [3.8, 4) is 5.75 Å². The van der Waals surface area contributed by atoms with E-state index < -0.39 is 0 Å². The Morgan fingerprint density at radius 3 is 2.80 bits per heavy atom. The van der Waals surface area contributed by atoms with Gasteiger partial charge in [-0.15, -0.1) is 0 Å². The SMILES string of the molecule is COc1cccc([C@@H]2CN(C(=O)C3CCCC3)[C@H]3CCN(Cc4ccsc4)C[C@@H]23)c1. The number of methoxy groups -OCH3 is 1. The molecule has 1 amide bonds. The topological polar surface area (TPSA) is 32.8 Å².